The van der Waals surface area contributed by atoms with Gasteiger partial charge in [0.1, 0.15) is 5.82 Å². The van der Waals surface area contributed by atoms with Crippen molar-refractivity contribution in [3.05, 3.63) is 22.8 Å². The lowest BCUT2D eigenvalue weighted by Gasteiger charge is -2.20. The molecule has 116 valence electrons. The van der Waals surface area contributed by atoms with Crippen LogP contribution in [0.3, 0.4) is 0 Å². The summed E-state index contributed by atoms with van der Waals surface area (Å²) in [6.07, 6.45) is 1.42. The molecule has 0 aliphatic carbocycles. The van der Waals surface area contributed by atoms with Crippen molar-refractivity contribution >= 4 is 29.2 Å². The van der Waals surface area contributed by atoms with Gasteiger partial charge in [0.05, 0.1) is 17.1 Å². The van der Waals surface area contributed by atoms with Crippen molar-refractivity contribution in [1.29, 1.82) is 0 Å². The van der Waals surface area contributed by atoms with Crippen LogP contribution in [0.5, 0.6) is 0 Å². The predicted molar refractivity (Wildman–Crippen MR) is 83.6 cm³/mol. The van der Waals surface area contributed by atoms with Crippen LogP contribution in [0.2, 0.25) is 5.02 Å². The molecule has 0 spiro atoms. The van der Waals surface area contributed by atoms with Gasteiger partial charge in [-0.25, -0.2) is 4.98 Å². The van der Waals surface area contributed by atoms with Gasteiger partial charge in [-0.15, -0.1) is 0 Å². The monoisotopic (exact) mass is 312 g/mol. The van der Waals surface area contributed by atoms with E-state index in [1.54, 1.807) is 0 Å². The summed E-state index contributed by atoms with van der Waals surface area (Å²) in [5.41, 5.74) is -0.0228. The summed E-state index contributed by atoms with van der Waals surface area (Å²) >= 11 is 6.02. The zero-order chi connectivity index (χ0) is 16.0. The number of nitrogens with one attached hydrogen (secondary N) is 3. The predicted octanol–water partition coefficient (Wildman–Crippen LogP) is 1.81. The number of carbonyl (C=O) groups excluding carboxylic acids is 2. The van der Waals surface area contributed by atoms with E-state index in [9.17, 15) is 9.59 Å². The van der Waals surface area contributed by atoms with E-state index in [-0.39, 0.29) is 18.0 Å². The molecule has 1 rings (SSSR count). The van der Waals surface area contributed by atoms with Crippen molar-refractivity contribution in [2.24, 2.45) is 0 Å². The van der Waals surface area contributed by atoms with E-state index in [1.165, 1.54) is 12.3 Å². The molecule has 0 unspecified atom stereocenters. The number of hydrogen-bond donors (Lipinski definition) is 3. The summed E-state index contributed by atoms with van der Waals surface area (Å²) in [5, 5.41) is 8.63. The fourth-order valence-corrected chi connectivity index (χ4v) is 1.82. The molecule has 0 aliphatic rings. The van der Waals surface area contributed by atoms with Crippen LogP contribution in [-0.4, -0.2) is 35.4 Å². The summed E-state index contributed by atoms with van der Waals surface area (Å²) in [6, 6.07) is 1.52. The molecule has 0 aromatic carbocycles. The van der Waals surface area contributed by atoms with Crippen LogP contribution in [-0.2, 0) is 4.79 Å². The number of nitrogens with zero attached hydrogens (tertiary/aromatic N) is 1. The molecule has 1 aromatic rings. The topological polar surface area (TPSA) is 83.1 Å². The average Bonchev–Trinajstić information content (AvgIpc) is 2.36. The molecule has 1 aromatic heterocycles. The van der Waals surface area contributed by atoms with Gasteiger partial charge >= 0.3 is 0 Å². The Labute approximate surface area is 129 Å². The highest BCUT2D eigenvalue weighted by molar-refractivity contribution is 6.33. The first-order valence-electron chi connectivity index (χ1n) is 6.71. The summed E-state index contributed by atoms with van der Waals surface area (Å²) in [4.78, 5) is 27.6. The number of aromatic nitrogens is 1. The Morgan fingerprint density at radius 2 is 2.00 bits per heavy atom. The number of anilines is 1. The third kappa shape index (κ3) is 5.99. The van der Waals surface area contributed by atoms with Crippen molar-refractivity contribution in [2.75, 3.05) is 18.4 Å². The first kappa shape index (κ1) is 17.2. The minimum Gasteiger partial charge on any atom is -0.369 e. The van der Waals surface area contributed by atoms with Gasteiger partial charge in [-0.1, -0.05) is 11.6 Å². The lowest BCUT2D eigenvalue weighted by Crippen LogP contribution is -2.45. The minimum absolute atomic E-state index is 0.0946. The molecule has 0 radical (unpaired) electrons. The standard InChI is InChI=1S/C14H21ClN4O2/c1-5-16-12-10(15)6-9(7-17-12)13(21)18-8-11(20)19-14(2,3)4/h6-7H,5,8H2,1-4H3,(H,16,17)(H,18,21)(H,19,20). The number of pyridine rings is 1. The van der Waals surface area contributed by atoms with E-state index < -0.39 is 5.91 Å². The number of amides is 2. The van der Waals surface area contributed by atoms with E-state index in [0.717, 1.165) is 0 Å². The van der Waals surface area contributed by atoms with Gasteiger partial charge in [0.25, 0.3) is 5.91 Å². The third-order valence-electron chi connectivity index (χ3n) is 2.37. The number of carbonyl (C=O) groups is 2. The number of rotatable bonds is 5. The van der Waals surface area contributed by atoms with Crippen molar-refractivity contribution < 1.29 is 9.59 Å². The highest BCUT2D eigenvalue weighted by Crippen LogP contribution is 2.19. The zero-order valence-corrected chi connectivity index (χ0v) is 13.5. The highest BCUT2D eigenvalue weighted by atomic mass is 35.5. The Hall–Kier alpha value is -1.82. The normalized spacial score (nSPS) is 10.9. The SMILES string of the molecule is CCNc1ncc(C(=O)NCC(=O)NC(C)(C)C)cc1Cl. The highest BCUT2D eigenvalue weighted by Gasteiger charge is 2.15. The minimum atomic E-state index is -0.392. The van der Waals surface area contributed by atoms with Gasteiger partial charge in [-0.05, 0) is 33.8 Å². The Kier molecular flexibility index (Phi) is 5.96. The van der Waals surface area contributed by atoms with E-state index in [2.05, 4.69) is 20.9 Å². The number of hydrogen-bond acceptors (Lipinski definition) is 4. The van der Waals surface area contributed by atoms with Crippen LogP contribution in [0.1, 0.15) is 38.1 Å². The second-order valence-electron chi connectivity index (χ2n) is 5.57. The molecular weight excluding hydrogens is 292 g/mol. The van der Waals surface area contributed by atoms with Crippen LogP contribution in [0.15, 0.2) is 12.3 Å². The van der Waals surface area contributed by atoms with Crippen LogP contribution in [0.4, 0.5) is 5.82 Å². The van der Waals surface area contributed by atoms with Crippen molar-refractivity contribution in [3.8, 4) is 0 Å². The van der Waals surface area contributed by atoms with Gasteiger partial charge in [0, 0.05) is 18.3 Å². The average molecular weight is 313 g/mol. The molecule has 0 atom stereocenters. The maximum atomic E-state index is 11.9. The number of halogens is 1. The Balaban J connectivity index is 2.60. The van der Waals surface area contributed by atoms with Crippen LogP contribution >= 0.6 is 11.6 Å². The quantitative estimate of drug-likeness (QED) is 0.774. The molecule has 6 nitrogen and oxygen atoms in total. The van der Waals surface area contributed by atoms with Gasteiger partial charge in [-0.2, -0.15) is 0 Å². The van der Waals surface area contributed by atoms with Crippen molar-refractivity contribution in [3.63, 3.8) is 0 Å². The summed E-state index contributed by atoms with van der Waals surface area (Å²) in [6.45, 7) is 8.13. The molecular formula is C14H21ClN4O2. The zero-order valence-electron chi connectivity index (χ0n) is 12.7. The molecule has 0 saturated heterocycles. The van der Waals surface area contributed by atoms with Crippen LogP contribution in [0, 0.1) is 0 Å². The molecule has 0 bridgehead atoms. The van der Waals surface area contributed by atoms with E-state index >= 15 is 0 Å². The summed E-state index contributed by atoms with van der Waals surface area (Å²) in [7, 11) is 0. The molecule has 7 heteroatoms. The fraction of sp³-hybridized carbons (Fsp3) is 0.500. The second-order valence-corrected chi connectivity index (χ2v) is 5.97. The summed E-state index contributed by atoms with van der Waals surface area (Å²) in [5.74, 6) is -0.114. The van der Waals surface area contributed by atoms with Gasteiger partial charge < -0.3 is 16.0 Å². The first-order chi connectivity index (χ1) is 9.73. The molecule has 3 N–H and O–H groups in total. The van der Waals surface area contributed by atoms with Gasteiger partial charge in [-0.3, -0.25) is 9.59 Å². The Morgan fingerprint density at radius 1 is 1.33 bits per heavy atom. The molecule has 0 fully saturated rings. The van der Waals surface area contributed by atoms with Crippen molar-refractivity contribution in [2.45, 2.75) is 33.2 Å². The van der Waals surface area contributed by atoms with Crippen LogP contribution in [0.25, 0.3) is 0 Å². The maximum Gasteiger partial charge on any atom is 0.253 e. The van der Waals surface area contributed by atoms with E-state index in [1.807, 2.05) is 27.7 Å². The molecule has 0 saturated carbocycles. The second kappa shape index (κ2) is 7.26. The van der Waals surface area contributed by atoms with Gasteiger partial charge in [0.2, 0.25) is 5.91 Å². The molecule has 2 amide bonds. The fourth-order valence-electron chi connectivity index (χ4n) is 1.58. The van der Waals surface area contributed by atoms with Gasteiger partial charge in [0.15, 0.2) is 0 Å². The lowest BCUT2D eigenvalue weighted by molar-refractivity contribution is -0.121. The van der Waals surface area contributed by atoms with E-state index in [0.29, 0.717) is 22.9 Å². The smallest absolute Gasteiger partial charge is 0.253 e. The van der Waals surface area contributed by atoms with E-state index in [4.69, 9.17) is 11.6 Å². The molecule has 1 heterocycles. The Morgan fingerprint density at radius 3 is 2.52 bits per heavy atom. The Bertz CT molecular complexity index is 526. The van der Waals surface area contributed by atoms with Crippen molar-refractivity contribution in [1.82, 2.24) is 15.6 Å². The first-order valence-corrected chi connectivity index (χ1v) is 7.09. The molecule has 21 heavy (non-hydrogen) atoms. The third-order valence-corrected chi connectivity index (χ3v) is 2.66. The van der Waals surface area contributed by atoms with Crippen LogP contribution < -0.4 is 16.0 Å². The molecule has 0 aliphatic heterocycles. The largest absolute Gasteiger partial charge is 0.369 e. The lowest BCUT2D eigenvalue weighted by atomic mass is 10.1. The maximum absolute atomic E-state index is 11.9. The summed E-state index contributed by atoms with van der Waals surface area (Å²) < 4.78 is 0.